The van der Waals surface area contributed by atoms with E-state index < -0.39 is 0 Å². The number of benzene rings is 1. The summed E-state index contributed by atoms with van der Waals surface area (Å²) in [7, 11) is 3.12. The average Bonchev–Trinajstić information content (AvgIpc) is 2.29. The standard InChI is InChI=1S/C12H16O4/c1-5-11(13)16-10-7-6-9(14-3)8(2)12(10)15-4/h6-7H,5H2,1-4H3. The summed E-state index contributed by atoms with van der Waals surface area (Å²) < 4.78 is 15.5. The van der Waals surface area contributed by atoms with Crippen molar-refractivity contribution in [2.75, 3.05) is 14.2 Å². The molecule has 0 saturated heterocycles. The van der Waals surface area contributed by atoms with Crippen molar-refractivity contribution in [2.24, 2.45) is 0 Å². The maximum absolute atomic E-state index is 11.2. The molecule has 0 heterocycles. The van der Waals surface area contributed by atoms with E-state index in [-0.39, 0.29) is 5.97 Å². The van der Waals surface area contributed by atoms with Crippen LogP contribution in [0.2, 0.25) is 0 Å². The van der Waals surface area contributed by atoms with E-state index in [1.165, 1.54) is 7.11 Å². The molecule has 0 aliphatic heterocycles. The van der Waals surface area contributed by atoms with Crippen molar-refractivity contribution >= 4 is 5.97 Å². The van der Waals surface area contributed by atoms with Gasteiger partial charge in [-0.1, -0.05) is 6.92 Å². The summed E-state index contributed by atoms with van der Waals surface area (Å²) >= 11 is 0. The monoisotopic (exact) mass is 224 g/mol. The van der Waals surface area contributed by atoms with E-state index in [1.54, 1.807) is 26.2 Å². The molecule has 0 aromatic heterocycles. The molecule has 0 bridgehead atoms. The Labute approximate surface area is 95.1 Å². The van der Waals surface area contributed by atoms with E-state index in [0.29, 0.717) is 23.7 Å². The van der Waals surface area contributed by atoms with Crippen LogP contribution in [-0.2, 0) is 4.79 Å². The minimum atomic E-state index is -0.289. The summed E-state index contributed by atoms with van der Waals surface area (Å²) in [6, 6.07) is 3.41. The van der Waals surface area contributed by atoms with Gasteiger partial charge >= 0.3 is 5.97 Å². The first kappa shape index (κ1) is 12.4. The lowest BCUT2D eigenvalue weighted by molar-refractivity contribution is -0.134. The lowest BCUT2D eigenvalue weighted by Crippen LogP contribution is -2.07. The molecule has 1 aromatic rings. The Kier molecular flexibility index (Phi) is 4.17. The van der Waals surface area contributed by atoms with Crippen molar-refractivity contribution in [1.82, 2.24) is 0 Å². The highest BCUT2D eigenvalue weighted by Crippen LogP contribution is 2.36. The molecule has 0 aliphatic carbocycles. The summed E-state index contributed by atoms with van der Waals surface area (Å²) in [6.07, 6.45) is 0.328. The molecular weight excluding hydrogens is 208 g/mol. The molecule has 0 N–H and O–H groups in total. The zero-order valence-corrected chi connectivity index (χ0v) is 9.99. The highest BCUT2D eigenvalue weighted by Gasteiger charge is 2.14. The molecule has 4 heteroatoms. The van der Waals surface area contributed by atoms with Crippen LogP contribution in [0.5, 0.6) is 17.2 Å². The predicted molar refractivity (Wildman–Crippen MR) is 60.2 cm³/mol. The highest BCUT2D eigenvalue weighted by atomic mass is 16.6. The van der Waals surface area contributed by atoms with Gasteiger partial charge in [-0.2, -0.15) is 0 Å². The molecule has 0 unspecified atom stereocenters. The van der Waals surface area contributed by atoms with Crippen LogP contribution >= 0.6 is 0 Å². The molecule has 1 rings (SSSR count). The van der Waals surface area contributed by atoms with Crippen LogP contribution in [-0.4, -0.2) is 20.2 Å². The second-order valence-electron chi connectivity index (χ2n) is 3.25. The Morgan fingerprint density at radius 3 is 2.31 bits per heavy atom. The topological polar surface area (TPSA) is 44.8 Å². The van der Waals surface area contributed by atoms with Gasteiger partial charge in [-0.05, 0) is 19.1 Å². The fourth-order valence-corrected chi connectivity index (χ4v) is 1.40. The summed E-state index contributed by atoms with van der Waals surface area (Å²) in [5.41, 5.74) is 0.811. The molecule has 16 heavy (non-hydrogen) atoms. The van der Waals surface area contributed by atoms with Crippen molar-refractivity contribution in [3.8, 4) is 17.2 Å². The third-order valence-corrected chi connectivity index (χ3v) is 2.26. The third-order valence-electron chi connectivity index (χ3n) is 2.26. The van der Waals surface area contributed by atoms with E-state index in [2.05, 4.69) is 0 Å². The molecule has 0 aliphatic rings. The van der Waals surface area contributed by atoms with Crippen LogP contribution in [0, 0.1) is 6.92 Å². The molecule has 88 valence electrons. The number of rotatable bonds is 4. The fourth-order valence-electron chi connectivity index (χ4n) is 1.40. The molecule has 0 spiro atoms. The molecule has 1 aromatic carbocycles. The Balaban J connectivity index is 3.10. The zero-order valence-electron chi connectivity index (χ0n) is 9.99. The molecule has 0 atom stereocenters. The van der Waals surface area contributed by atoms with Crippen LogP contribution in [0.1, 0.15) is 18.9 Å². The van der Waals surface area contributed by atoms with Crippen molar-refractivity contribution in [1.29, 1.82) is 0 Å². The number of hydrogen-bond donors (Lipinski definition) is 0. The lowest BCUT2D eigenvalue weighted by atomic mass is 10.2. The first-order chi connectivity index (χ1) is 7.63. The smallest absolute Gasteiger partial charge is 0.311 e. The van der Waals surface area contributed by atoms with E-state index in [9.17, 15) is 4.79 Å². The molecule has 0 radical (unpaired) electrons. The fraction of sp³-hybridized carbons (Fsp3) is 0.417. The van der Waals surface area contributed by atoms with Gasteiger partial charge < -0.3 is 14.2 Å². The minimum Gasteiger partial charge on any atom is -0.496 e. The maximum Gasteiger partial charge on any atom is 0.311 e. The van der Waals surface area contributed by atoms with Gasteiger partial charge in [0.15, 0.2) is 11.5 Å². The Morgan fingerprint density at radius 1 is 1.19 bits per heavy atom. The van der Waals surface area contributed by atoms with Crippen molar-refractivity contribution in [2.45, 2.75) is 20.3 Å². The summed E-state index contributed by atoms with van der Waals surface area (Å²) in [5.74, 6) is 1.37. The molecular formula is C12H16O4. The zero-order chi connectivity index (χ0) is 12.1. The summed E-state index contributed by atoms with van der Waals surface area (Å²) in [6.45, 7) is 3.59. The van der Waals surface area contributed by atoms with Gasteiger partial charge in [0.05, 0.1) is 14.2 Å². The van der Waals surface area contributed by atoms with E-state index in [1.807, 2.05) is 6.92 Å². The SMILES string of the molecule is CCC(=O)Oc1ccc(OC)c(C)c1OC. The normalized spacial score (nSPS) is 9.75. The second-order valence-corrected chi connectivity index (χ2v) is 3.25. The van der Waals surface area contributed by atoms with Gasteiger partial charge in [0.25, 0.3) is 0 Å². The Bertz CT molecular complexity index is 385. The molecule has 0 saturated carbocycles. The Hall–Kier alpha value is -1.71. The minimum absolute atomic E-state index is 0.289. The number of methoxy groups -OCH3 is 2. The lowest BCUT2D eigenvalue weighted by Gasteiger charge is -2.13. The van der Waals surface area contributed by atoms with Crippen LogP contribution in [0.4, 0.5) is 0 Å². The number of carbonyl (C=O) groups excluding carboxylic acids is 1. The van der Waals surface area contributed by atoms with E-state index >= 15 is 0 Å². The van der Waals surface area contributed by atoms with Gasteiger partial charge in [0.2, 0.25) is 0 Å². The summed E-state index contributed by atoms with van der Waals surface area (Å²) in [5, 5.41) is 0. The number of esters is 1. The molecule has 4 nitrogen and oxygen atoms in total. The van der Waals surface area contributed by atoms with Gasteiger partial charge in [0, 0.05) is 12.0 Å². The number of hydrogen-bond acceptors (Lipinski definition) is 4. The van der Waals surface area contributed by atoms with E-state index in [4.69, 9.17) is 14.2 Å². The number of carbonyl (C=O) groups is 1. The van der Waals surface area contributed by atoms with E-state index in [0.717, 1.165) is 5.56 Å². The molecule has 0 fully saturated rings. The van der Waals surface area contributed by atoms with Gasteiger partial charge in [0.1, 0.15) is 5.75 Å². The van der Waals surface area contributed by atoms with Crippen molar-refractivity contribution < 1.29 is 19.0 Å². The van der Waals surface area contributed by atoms with Gasteiger partial charge in [-0.25, -0.2) is 0 Å². The van der Waals surface area contributed by atoms with Crippen molar-refractivity contribution in [3.63, 3.8) is 0 Å². The quantitative estimate of drug-likeness (QED) is 0.581. The largest absolute Gasteiger partial charge is 0.496 e. The van der Waals surface area contributed by atoms with Crippen molar-refractivity contribution in [3.05, 3.63) is 17.7 Å². The molecule has 0 amide bonds. The average molecular weight is 224 g/mol. The van der Waals surface area contributed by atoms with Crippen LogP contribution in [0.3, 0.4) is 0 Å². The Morgan fingerprint density at radius 2 is 1.81 bits per heavy atom. The first-order valence-corrected chi connectivity index (χ1v) is 5.06. The highest BCUT2D eigenvalue weighted by molar-refractivity contribution is 5.73. The maximum atomic E-state index is 11.2. The van der Waals surface area contributed by atoms with Gasteiger partial charge in [-0.3, -0.25) is 4.79 Å². The second kappa shape index (κ2) is 5.39. The van der Waals surface area contributed by atoms with Crippen LogP contribution < -0.4 is 14.2 Å². The summed E-state index contributed by atoms with van der Waals surface area (Å²) in [4.78, 5) is 11.2. The third kappa shape index (κ3) is 2.45. The van der Waals surface area contributed by atoms with Crippen LogP contribution in [0.25, 0.3) is 0 Å². The first-order valence-electron chi connectivity index (χ1n) is 5.06. The van der Waals surface area contributed by atoms with Crippen LogP contribution in [0.15, 0.2) is 12.1 Å². The predicted octanol–water partition coefficient (Wildman–Crippen LogP) is 2.33. The number of ether oxygens (including phenoxy) is 3. The van der Waals surface area contributed by atoms with Gasteiger partial charge in [-0.15, -0.1) is 0 Å².